The molecule has 0 saturated carbocycles. The lowest BCUT2D eigenvalue weighted by atomic mass is 9.86. The van der Waals surface area contributed by atoms with Crippen LogP contribution in [-0.2, 0) is 0 Å². The lowest BCUT2D eigenvalue weighted by Crippen LogP contribution is -2.04. The maximum atomic E-state index is 10.7. The third-order valence-electron chi connectivity index (χ3n) is 5.40. The highest BCUT2D eigenvalue weighted by Crippen LogP contribution is 2.39. The summed E-state index contributed by atoms with van der Waals surface area (Å²) in [5.41, 5.74) is 6.08. The van der Waals surface area contributed by atoms with Crippen LogP contribution in [0.25, 0.3) is 22.0 Å². The molecule has 0 fully saturated rings. The van der Waals surface area contributed by atoms with Crippen molar-refractivity contribution in [3.63, 3.8) is 0 Å². The number of para-hydroxylation sites is 1. The molecular weight excluding hydrogens is 392 g/mol. The molecule has 0 saturated heterocycles. The number of aromatic nitrogens is 2. The summed E-state index contributed by atoms with van der Waals surface area (Å²) in [7, 11) is 0. The highest BCUT2D eigenvalue weighted by atomic mass is 35.5. The molecule has 3 nitrogen and oxygen atoms in total. The summed E-state index contributed by atoms with van der Waals surface area (Å²) in [5.74, 6) is 0.0234. The Morgan fingerprint density at radius 1 is 0.800 bits per heavy atom. The first-order chi connectivity index (χ1) is 14.7. The van der Waals surface area contributed by atoms with Crippen LogP contribution in [-0.4, -0.2) is 15.1 Å². The second-order valence-electron chi connectivity index (χ2n) is 7.31. The molecule has 0 aliphatic rings. The molecular formula is C26H19ClN2O. The number of rotatable bonds is 4. The number of nitrogens with one attached hydrogen (secondary N) is 1. The van der Waals surface area contributed by atoms with Crippen molar-refractivity contribution in [1.29, 1.82) is 0 Å². The number of hydrogen-bond donors (Lipinski definition) is 2. The maximum absolute atomic E-state index is 10.7. The lowest BCUT2D eigenvalue weighted by molar-refractivity contribution is 0.467. The molecule has 0 amide bonds. The van der Waals surface area contributed by atoms with Crippen molar-refractivity contribution in [2.24, 2.45) is 0 Å². The molecule has 5 rings (SSSR count). The highest BCUT2D eigenvalue weighted by molar-refractivity contribution is 6.30. The number of aromatic hydroxyl groups is 1. The first-order valence-corrected chi connectivity index (χ1v) is 10.1. The molecule has 2 heterocycles. The predicted molar refractivity (Wildman–Crippen MR) is 122 cm³/mol. The van der Waals surface area contributed by atoms with Crippen molar-refractivity contribution in [3.8, 4) is 16.9 Å². The van der Waals surface area contributed by atoms with E-state index in [9.17, 15) is 5.11 Å². The molecule has 0 aliphatic carbocycles. The van der Waals surface area contributed by atoms with Gasteiger partial charge < -0.3 is 10.1 Å². The SMILES string of the molecule is Oc1ccc(Cl)cc1[C@@H](c1cccc(-c2ccncc2)c1)c1cc2ccccc2[nH]1. The van der Waals surface area contributed by atoms with Gasteiger partial charge in [0.05, 0.1) is 5.92 Å². The molecule has 1 atom stereocenters. The molecule has 0 spiro atoms. The number of fused-ring (bicyclic) bond motifs is 1. The van der Waals surface area contributed by atoms with E-state index in [2.05, 4.69) is 46.4 Å². The molecule has 5 aromatic rings. The Bertz CT molecular complexity index is 1290. The third-order valence-corrected chi connectivity index (χ3v) is 5.63. The average Bonchev–Trinajstić information content (AvgIpc) is 3.21. The van der Waals surface area contributed by atoms with Crippen LogP contribution in [0.4, 0.5) is 0 Å². The molecule has 0 unspecified atom stereocenters. The van der Waals surface area contributed by atoms with Gasteiger partial charge in [-0.2, -0.15) is 0 Å². The van der Waals surface area contributed by atoms with Gasteiger partial charge in [-0.25, -0.2) is 0 Å². The van der Waals surface area contributed by atoms with Crippen molar-refractivity contribution in [3.05, 3.63) is 119 Å². The Morgan fingerprint density at radius 2 is 1.63 bits per heavy atom. The van der Waals surface area contributed by atoms with Gasteiger partial charge in [0.1, 0.15) is 5.75 Å². The van der Waals surface area contributed by atoms with Crippen LogP contribution < -0.4 is 0 Å². The second kappa shape index (κ2) is 7.69. The second-order valence-corrected chi connectivity index (χ2v) is 7.75. The normalized spacial score (nSPS) is 12.2. The van der Waals surface area contributed by atoms with Gasteiger partial charge in [-0.3, -0.25) is 4.98 Å². The van der Waals surface area contributed by atoms with Crippen molar-refractivity contribution in [1.82, 2.24) is 9.97 Å². The fraction of sp³-hybridized carbons (Fsp3) is 0.0385. The van der Waals surface area contributed by atoms with Crippen LogP contribution in [0.1, 0.15) is 22.7 Å². The van der Waals surface area contributed by atoms with E-state index in [1.54, 1.807) is 24.5 Å². The van der Waals surface area contributed by atoms with Crippen LogP contribution in [0.5, 0.6) is 5.75 Å². The number of hydrogen-bond acceptors (Lipinski definition) is 2. The maximum Gasteiger partial charge on any atom is 0.119 e. The van der Waals surface area contributed by atoms with Crippen molar-refractivity contribution in [2.75, 3.05) is 0 Å². The van der Waals surface area contributed by atoms with E-state index in [4.69, 9.17) is 11.6 Å². The Morgan fingerprint density at radius 3 is 2.47 bits per heavy atom. The van der Waals surface area contributed by atoms with Gasteiger partial charge in [-0.05, 0) is 64.5 Å². The zero-order chi connectivity index (χ0) is 20.5. The molecule has 4 heteroatoms. The largest absolute Gasteiger partial charge is 0.508 e. The number of H-pyrrole nitrogens is 1. The third kappa shape index (κ3) is 3.44. The topological polar surface area (TPSA) is 48.9 Å². The fourth-order valence-corrected chi connectivity index (χ4v) is 4.16. The summed E-state index contributed by atoms with van der Waals surface area (Å²) in [6.07, 6.45) is 3.58. The standard InChI is InChI=1S/C26H19ClN2O/c27-21-8-9-25(30)22(16-21)26(24-15-19-4-1-2-7-23(19)29-24)20-6-3-5-18(14-20)17-10-12-28-13-11-17/h1-16,26,29-30H/t26-/m1/s1. The van der Waals surface area contributed by atoms with Gasteiger partial charge in [0, 0.05) is 34.2 Å². The van der Waals surface area contributed by atoms with Gasteiger partial charge in [-0.15, -0.1) is 0 Å². The molecule has 0 radical (unpaired) electrons. The Hall–Kier alpha value is -3.56. The lowest BCUT2D eigenvalue weighted by Gasteiger charge is -2.19. The minimum absolute atomic E-state index is 0.196. The van der Waals surface area contributed by atoms with Crippen LogP contribution in [0, 0.1) is 0 Å². The summed E-state index contributed by atoms with van der Waals surface area (Å²) in [5, 5.41) is 12.4. The summed E-state index contributed by atoms with van der Waals surface area (Å²) in [4.78, 5) is 7.65. The number of nitrogens with zero attached hydrogens (tertiary/aromatic N) is 1. The van der Waals surface area contributed by atoms with Gasteiger partial charge >= 0.3 is 0 Å². The molecule has 2 aromatic heterocycles. The van der Waals surface area contributed by atoms with Gasteiger partial charge in [0.15, 0.2) is 0 Å². The molecule has 0 bridgehead atoms. The quantitative estimate of drug-likeness (QED) is 0.343. The number of benzene rings is 3. The summed E-state index contributed by atoms with van der Waals surface area (Å²) >= 11 is 6.31. The van der Waals surface area contributed by atoms with Gasteiger partial charge in [-0.1, -0.05) is 54.1 Å². The van der Waals surface area contributed by atoms with E-state index >= 15 is 0 Å². The van der Waals surface area contributed by atoms with E-state index < -0.39 is 0 Å². The van der Waals surface area contributed by atoms with Crippen molar-refractivity contribution >= 4 is 22.5 Å². The zero-order valence-corrected chi connectivity index (χ0v) is 16.8. The Balaban J connectivity index is 1.71. The molecule has 30 heavy (non-hydrogen) atoms. The van der Waals surface area contributed by atoms with E-state index in [1.807, 2.05) is 36.4 Å². The minimum atomic E-state index is -0.196. The van der Waals surface area contributed by atoms with E-state index in [0.717, 1.165) is 38.9 Å². The number of halogens is 1. The molecule has 146 valence electrons. The number of phenols is 1. The van der Waals surface area contributed by atoms with Gasteiger partial charge in [0.2, 0.25) is 0 Å². The molecule has 3 aromatic carbocycles. The summed E-state index contributed by atoms with van der Waals surface area (Å²) < 4.78 is 0. The van der Waals surface area contributed by atoms with Crippen LogP contribution in [0.2, 0.25) is 5.02 Å². The Kier molecular flexibility index (Phi) is 4.74. The smallest absolute Gasteiger partial charge is 0.119 e. The number of pyridine rings is 1. The van der Waals surface area contributed by atoms with E-state index in [0.29, 0.717) is 5.02 Å². The average molecular weight is 411 g/mol. The monoisotopic (exact) mass is 410 g/mol. The number of phenolic OH excluding ortho intramolecular Hbond substituents is 1. The predicted octanol–water partition coefficient (Wildman–Crippen LogP) is 6.77. The fourth-order valence-electron chi connectivity index (χ4n) is 3.98. The van der Waals surface area contributed by atoms with Crippen molar-refractivity contribution in [2.45, 2.75) is 5.92 Å². The summed E-state index contributed by atoms with van der Waals surface area (Å²) in [6, 6.07) is 27.9. The first-order valence-electron chi connectivity index (χ1n) is 9.75. The number of aromatic amines is 1. The van der Waals surface area contributed by atoms with Crippen LogP contribution >= 0.6 is 11.6 Å². The highest BCUT2D eigenvalue weighted by Gasteiger charge is 2.23. The van der Waals surface area contributed by atoms with Gasteiger partial charge in [0.25, 0.3) is 0 Å². The van der Waals surface area contributed by atoms with Crippen molar-refractivity contribution < 1.29 is 5.11 Å². The molecule has 2 N–H and O–H groups in total. The molecule has 0 aliphatic heterocycles. The minimum Gasteiger partial charge on any atom is -0.508 e. The van der Waals surface area contributed by atoms with E-state index in [1.165, 1.54) is 0 Å². The van der Waals surface area contributed by atoms with Crippen LogP contribution in [0.15, 0.2) is 97.3 Å². The first kappa shape index (κ1) is 18.5. The summed E-state index contributed by atoms with van der Waals surface area (Å²) in [6.45, 7) is 0. The zero-order valence-electron chi connectivity index (χ0n) is 16.1. The van der Waals surface area contributed by atoms with E-state index in [-0.39, 0.29) is 11.7 Å². The Labute approximate surface area is 179 Å². The van der Waals surface area contributed by atoms with Crippen LogP contribution in [0.3, 0.4) is 0 Å².